The monoisotopic (exact) mass is 469 g/mol. The van der Waals surface area contributed by atoms with Crippen LogP contribution in [0.4, 0.5) is 0 Å². The second-order valence-corrected chi connectivity index (χ2v) is 11.6. The molecule has 2 saturated carbocycles. The molecule has 0 bridgehead atoms. The van der Waals surface area contributed by atoms with Crippen LogP contribution in [0.3, 0.4) is 0 Å². The van der Waals surface area contributed by atoms with Crippen LogP contribution in [-0.4, -0.2) is 21.5 Å². The third kappa shape index (κ3) is 3.21. The third-order valence-electron chi connectivity index (χ3n) is 9.21. The van der Waals surface area contributed by atoms with Crippen molar-refractivity contribution in [2.75, 3.05) is 0 Å². The quantitative estimate of drug-likeness (QED) is 0.513. The first-order chi connectivity index (χ1) is 16.4. The molecule has 0 spiro atoms. The molecule has 6 rings (SSSR count). The lowest BCUT2D eigenvalue weighted by Crippen LogP contribution is -2.51. The van der Waals surface area contributed by atoms with Gasteiger partial charge in [0.1, 0.15) is 10.6 Å². The van der Waals surface area contributed by atoms with Crippen LogP contribution >= 0.6 is 11.3 Å². The van der Waals surface area contributed by atoms with E-state index < -0.39 is 5.60 Å². The Bertz CT molecular complexity index is 1260. The highest BCUT2D eigenvalue weighted by Crippen LogP contribution is 2.66. The van der Waals surface area contributed by atoms with Crippen LogP contribution in [0.25, 0.3) is 10.6 Å². The molecule has 3 nitrogen and oxygen atoms in total. The summed E-state index contributed by atoms with van der Waals surface area (Å²) in [5.74, 6) is 7.70. The molecular weight excluding hydrogens is 438 g/mol. The first-order valence-corrected chi connectivity index (χ1v) is 13.4. The van der Waals surface area contributed by atoms with E-state index in [1.165, 1.54) is 16.7 Å². The van der Waals surface area contributed by atoms with Gasteiger partial charge in [0, 0.05) is 34.9 Å². The number of fused-ring (bicyclic) bond motifs is 4. The van der Waals surface area contributed by atoms with E-state index in [1.807, 2.05) is 24.6 Å². The molecule has 4 heteroatoms. The summed E-state index contributed by atoms with van der Waals surface area (Å²) >= 11 is 1.66. The van der Waals surface area contributed by atoms with Gasteiger partial charge in [0.15, 0.2) is 5.78 Å². The van der Waals surface area contributed by atoms with Gasteiger partial charge in [0.05, 0.1) is 0 Å². The molecule has 2 aromatic rings. The Kier molecular flexibility index (Phi) is 5.20. The van der Waals surface area contributed by atoms with Crippen molar-refractivity contribution < 1.29 is 9.90 Å². The Morgan fingerprint density at radius 2 is 1.97 bits per heavy atom. The fourth-order valence-corrected chi connectivity index (χ4v) is 8.24. The fourth-order valence-electron chi connectivity index (χ4n) is 7.60. The average molecular weight is 470 g/mol. The predicted octanol–water partition coefficient (Wildman–Crippen LogP) is 6.46. The molecule has 4 aliphatic rings. The van der Waals surface area contributed by atoms with Gasteiger partial charge in [-0.3, -0.25) is 4.79 Å². The molecule has 0 unspecified atom stereocenters. The van der Waals surface area contributed by atoms with Gasteiger partial charge in [-0.1, -0.05) is 42.7 Å². The van der Waals surface area contributed by atoms with E-state index >= 15 is 0 Å². The van der Waals surface area contributed by atoms with E-state index in [0.717, 1.165) is 49.1 Å². The number of carbonyl (C=O) groups excluding carboxylic acids is 1. The zero-order chi connectivity index (χ0) is 23.5. The Morgan fingerprint density at radius 1 is 1.15 bits per heavy atom. The van der Waals surface area contributed by atoms with Gasteiger partial charge in [0.2, 0.25) is 0 Å². The van der Waals surface area contributed by atoms with Gasteiger partial charge < -0.3 is 5.11 Å². The van der Waals surface area contributed by atoms with Crippen LogP contribution in [-0.2, 0) is 4.79 Å². The second-order valence-electron chi connectivity index (χ2n) is 10.7. The lowest BCUT2D eigenvalue weighted by atomic mass is 9.51. The summed E-state index contributed by atoms with van der Waals surface area (Å²) in [7, 11) is 0. The van der Waals surface area contributed by atoms with Crippen molar-refractivity contribution in [2.24, 2.45) is 17.3 Å². The smallest absolute Gasteiger partial charge is 0.156 e. The summed E-state index contributed by atoms with van der Waals surface area (Å²) in [6.45, 7) is 4.14. The first kappa shape index (κ1) is 22.0. The number of nitrogens with zero attached hydrogens (tertiary/aromatic N) is 1. The van der Waals surface area contributed by atoms with Gasteiger partial charge >= 0.3 is 0 Å². The normalized spacial score (nSPS) is 34.5. The standard InChI is InChI=1S/C30H31NO2S/c1-3-13-30(33)14-12-26-24-10-8-21-17-22(32)9-11-23(21)27(24)25(18-29(26,30)2)19-4-6-20(7-5-19)28-31-15-16-34-28/h4-7,15-17,24-26,33H,8-12,14,18H2,1-2H3/t24-,25+,26+,29-,30+/m0/s1. The predicted molar refractivity (Wildman–Crippen MR) is 136 cm³/mol. The maximum Gasteiger partial charge on any atom is 0.156 e. The average Bonchev–Trinajstić information content (AvgIpc) is 3.46. The molecule has 0 aliphatic heterocycles. The van der Waals surface area contributed by atoms with Gasteiger partial charge in [-0.25, -0.2) is 4.98 Å². The largest absolute Gasteiger partial charge is 0.377 e. The maximum atomic E-state index is 12.2. The van der Waals surface area contributed by atoms with Crippen LogP contribution in [0.1, 0.15) is 70.3 Å². The van der Waals surface area contributed by atoms with Crippen molar-refractivity contribution in [2.45, 2.75) is 70.3 Å². The number of allylic oxidation sites excluding steroid dienone is 4. The SMILES string of the molecule is CC#C[C@@]1(O)CC[C@@H]2[C@@H]3CCC4=CC(=O)CCC4=C3[C@@H](c3ccc(-c4nccs4)cc3)C[C@@]21C. The van der Waals surface area contributed by atoms with E-state index in [-0.39, 0.29) is 17.1 Å². The number of thiazole rings is 1. The number of aromatic nitrogens is 1. The number of hydrogen-bond donors (Lipinski definition) is 1. The molecule has 2 fully saturated rings. The molecule has 1 heterocycles. The van der Waals surface area contributed by atoms with Crippen molar-refractivity contribution in [1.29, 1.82) is 0 Å². The number of carbonyl (C=O) groups is 1. The van der Waals surface area contributed by atoms with Crippen LogP contribution in [0.2, 0.25) is 0 Å². The van der Waals surface area contributed by atoms with Gasteiger partial charge in [-0.2, -0.15) is 0 Å². The lowest BCUT2D eigenvalue weighted by molar-refractivity contribution is -0.114. The number of benzene rings is 1. The molecule has 0 amide bonds. The number of aliphatic hydroxyl groups is 1. The van der Waals surface area contributed by atoms with Gasteiger partial charge in [-0.05, 0) is 80.1 Å². The topological polar surface area (TPSA) is 50.2 Å². The highest BCUT2D eigenvalue weighted by Gasteiger charge is 2.62. The number of hydrogen-bond acceptors (Lipinski definition) is 4. The lowest BCUT2D eigenvalue weighted by Gasteiger charge is -2.53. The molecule has 0 radical (unpaired) electrons. The number of rotatable bonds is 2. The summed E-state index contributed by atoms with van der Waals surface area (Å²) in [4.78, 5) is 16.7. The number of ketones is 1. The van der Waals surface area contributed by atoms with Crippen LogP contribution in [0.15, 0.2) is 58.6 Å². The minimum atomic E-state index is -0.930. The molecule has 1 N–H and O–H groups in total. The molecule has 1 aromatic heterocycles. The van der Waals surface area contributed by atoms with E-state index in [0.29, 0.717) is 18.3 Å². The zero-order valence-electron chi connectivity index (χ0n) is 19.9. The molecule has 174 valence electrons. The van der Waals surface area contributed by atoms with E-state index in [4.69, 9.17) is 0 Å². The van der Waals surface area contributed by atoms with Gasteiger partial charge in [-0.15, -0.1) is 17.3 Å². The summed E-state index contributed by atoms with van der Waals surface area (Å²) in [6, 6.07) is 8.92. The summed E-state index contributed by atoms with van der Waals surface area (Å²) in [5, 5.41) is 14.8. The van der Waals surface area contributed by atoms with E-state index in [9.17, 15) is 9.90 Å². The second kappa shape index (κ2) is 8.04. The highest BCUT2D eigenvalue weighted by atomic mass is 32.1. The van der Waals surface area contributed by atoms with Crippen molar-refractivity contribution in [3.8, 4) is 22.4 Å². The maximum absolute atomic E-state index is 12.2. The molecule has 5 atom stereocenters. The summed E-state index contributed by atoms with van der Waals surface area (Å²) < 4.78 is 0. The van der Waals surface area contributed by atoms with Crippen molar-refractivity contribution in [1.82, 2.24) is 4.98 Å². The van der Waals surface area contributed by atoms with Crippen LogP contribution in [0, 0.1) is 29.1 Å². The van der Waals surface area contributed by atoms with Crippen LogP contribution < -0.4 is 0 Å². The van der Waals surface area contributed by atoms with Crippen LogP contribution in [0.5, 0.6) is 0 Å². The first-order valence-electron chi connectivity index (χ1n) is 12.6. The zero-order valence-corrected chi connectivity index (χ0v) is 20.8. The highest BCUT2D eigenvalue weighted by molar-refractivity contribution is 7.13. The minimum absolute atomic E-state index is 0.241. The molecular formula is C30H31NO2S. The fraction of sp³-hybridized carbons (Fsp3) is 0.467. The van der Waals surface area contributed by atoms with E-state index in [2.05, 4.69) is 48.0 Å². The molecule has 0 saturated heterocycles. The third-order valence-corrected chi connectivity index (χ3v) is 10.0. The minimum Gasteiger partial charge on any atom is -0.377 e. The molecule has 4 aliphatic carbocycles. The Hall–Kier alpha value is -2.48. The van der Waals surface area contributed by atoms with Crippen molar-refractivity contribution in [3.05, 3.63) is 64.2 Å². The summed E-state index contributed by atoms with van der Waals surface area (Å²) in [5.41, 5.74) is 5.57. The molecule has 1 aromatic carbocycles. The summed E-state index contributed by atoms with van der Waals surface area (Å²) in [6.07, 6.45) is 9.99. The van der Waals surface area contributed by atoms with Crippen molar-refractivity contribution in [3.63, 3.8) is 0 Å². The Balaban J connectivity index is 1.49. The Morgan fingerprint density at radius 3 is 2.71 bits per heavy atom. The molecule has 34 heavy (non-hydrogen) atoms. The van der Waals surface area contributed by atoms with Gasteiger partial charge in [0.25, 0.3) is 0 Å². The van der Waals surface area contributed by atoms with E-state index in [1.54, 1.807) is 16.9 Å². The Labute approximate surface area is 206 Å². The van der Waals surface area contributed by atoms with Crippen molar-refractivity contribution >= 4 is 17.1 Å².